The monoisotopic (exact) mass is 451 g/mol. The van der Waals surface area contributed by atoms with Crippen LogP contribution in [0, 0.1) is 0 Å². The maximum Gasteiger partial charge on any atom is 0.261 e. The largest absolute Gasteiger partial charge is 0.467 e. The molecule has 0 saturated carbocycles. The van der Waals surface area contributed by atoms with E-state index in [2.05, 4.69) is 20.9 Å². The average Bonchev–Trinajstić information content (AvgIpc) is 3.24. The van der Waals surface area contributed by atoms with Gasteiger partial charge in [-0.05, 0) is 35.9 Å². The molecule has 0 unspecified atom stereocenters. The SMILES string of the molecule is O=C(Cn1cnc2ccc(Br)cc2c1=O)N(Cc1ccccc1)Cc1ccco1. The predicted octanol–water partition coefficient (Wildman–Crippen LogP) is 3.98. The van der Waals surface area contributed by atoms with Gasteiger partial charge in [-0.3, -0.25) is 14.2 Å². The van der Waals surface area contributed by atoms with E-state index < -0.39 is 0 Å². The number of benzene rings is 2. The van der Waals surface area contributed by atoms with E-state index in [-0.39, 0.29) is 18.0 Å². The van der Waals surface area contributed by atoms with Crippen molar-refractivity contribution in [3.63, 3.8) is 0 Å². The fourth-order valence-corrected chi connectivity index (χ4v) is 3.48. The summed E-state index contributed by atoms with van der Waals surface area (Å²) < 4.78 is 7.55. The Morgan fingerprint density at radius 3 is 2.66 bits per heavy atom. The maximum absolute atomic E-state index is 13.1. The van der Waals surface area contributed by atoms with E-state index in [0.29, 0.717) is 29.8 Å². The molecule has 1 amide bonds. The zero-order chi connectivity index (χ0) is 20.2. The lowest BCUT2D eigenvalue weighted by molar-refractivity contribution is -0.133. The molecule has 7 heteroatoms. The summed E-state index contributed by atoms with van der Waals surface area (Å²) in [7, 11) is 0. The van der Waals surface area contributed by atoms with Gasteiger partial charge in [-0.2, -0.15) is 0 Å². The molecule has 0 bridgehead atoms. The molecular formula is C22H18BrN3O3. The van der Waals surface area contributed by atoms with Gasteiger partial charge in [0.05, 0.1) is 30.0 Å². The van der Waals surface area contributed by atoms with Crippen LogP contribution in [0.2, 0.25) is 0 Å². The summed E-state index contributed by atoms with van der Waals surface area (Å²) in [6.07, 6.45) is 3.00. The van der Waals surface area contributed by atoms with Gasteiger partial charge < -0.3 is 9.32 Å². The fraction of sp³-hybridized carbons (Fsp3) is 0.136. The van der Waals surface area contributed by atoms with Crippen LogP contribution in [0.5, 0.6) is 0 Å². The number of halogens is 1. The van der Waals surface area contributed by atoms with Crippen molar-refractivity contribution in [3.05, 3.63) is 99.4 Å². The van der Waals surface area contributed by atoms with Crippen molar-refractivity contribution < 1.29 is 9.21 Å². The Kier molecular flexibility index (Phi) is 5.57. The average molecular weight is 452 g/mol. The van der Waals surface area contributed by atoms with Gasteiger partial charge in [-0.1, -0.05) is 46.3 Å². The van der Waals surface area contributed by atoms with Crippen LogP contribution in [-0.4, -0.2) is 20.4 Å². The van der Waals surface area contributed by atoms with Crippen molar-refractivity contribution in [2.45, 2.75) is 19.6 Å². The van der Waals surface area contributed by atoms with Crippen molar-refractivity contribution in [3.8, 4) is 0 Å². The third-order valence-electron chi connectivity index (χ3n) is 4.59. The van der Waals surface area contributed by atoms with E-state index in [1.165, 1.54) is 10.9 Å². The highest BCUT2D eigenvalue weighted by Gasteiger charge is 2.18. The second-order valence-corrected chi connectivity index (χ2v) is 7.57. The molecule has 2 heterocycles. The second kappa shape index (κ2) is 8.45. The second-order valence-electron chi connectivity index (χ2n) is 6.65. The fourth-order valence-electron chi connectivity index (χ4n) is 3.12. The van der Waals surface area contributed by atoms with Gasteiger partial charge >= 0.3 is 0 Å². The van der Waals surface area contributed by atoms with Crippen LogP contribution < -0.4 is 5.56 Å². The zero-order valence-electron chi connectivity index (χ0n) is 15.5. The summed E-state index contributed by atoms with van der Waals surface area (Å²) in [6, 6.07) is 18.6. The first kappa shape index (κ1) is 19.1. The standard InChI is InChI=1S/C22H18BrN3O3/c23-17-8-9-20-19(11-17)22(28)26(15-24-20)14-21(27)25(13-18-7-4-10-29-18)12-16-5-2-1-3-6-16/h1-11,15H,12-14H2. The highest BCUT2D eigenvalue weighted by molar-refractivity contribution is 9.10. The molecule has 4 rings (SSSR count). The van der Waals surface area contributed by atoms with Gasteiger partial charge in [0.25, 0.3) is 5.56 Å². The Morgan fingerprint density at radius 1 is 1.07 bits per heavy atom. The van der Waals surface area contributed by atoms with E-state index in [1.807, 2.05) is 42.5 Å². The predicted molar refractivity (Wildman–Crippen MR) is 113 cm³/mol. The van der Waals surface area contributed by atoms with Crippen molar-refractivity contribution in [1.29, 1.82) is 0 Å². The van der Waals surface area contributed by atoms with Crippen LogP contribution in [0.25, 0.3) is 10.9 Å². The van der Waals surface area contributed by atoms with Gasteiger partial charge in [0.15, 0.2) is 0 Å². The number of furan rings is 1. The van der Waals surface area contributed by atoms with Crippen molar-refractivity contribution in [2.75, 3.05) is 0 Å². The first-order valence-electron chi connectivity index (χ1n) is 9.09. The number of hydrogen-bond acceptors (Lipinski definition) is 4. The summed E-state index contributed by atoms with van der Waals surface area (Å²) in [5.41, 5.74) is 1.35. The number of aromatic nitrogens is 2. The van der Waals surface area contributed by atoms with Crippen LogP contribution in [0.3, 0.4) is 0 Å². The lowest BCUT2D eigenvalue weighted by atomic mass is 10.2. The molecule has 6 nitrogen and oxygen atoms in total. The van der Waals surface area contributed by atoms with Gasteiger partial charge in [0, 0.05) is 11.0 Å². The zero-order valence-corrected chi connectivity index (χ0v) is 17.1. The first-order chi connectivity index (χ1) is 14.1. The summed E-state index contributed by atoms with van der Waals surface area (Å²) in [6.45, 7) is 0.644. The minimum absolute atomic E-state index is 0.0954. The number of nitrogens with zero attached hydrogens (tertiary/aromatic N) is 3. The molecule has 0 aliphatic heterocycles. The summed E-state index contributed by atoms with van der Waals surface area (Å²) >= 11 is 3.37. The Hall–Kier alpha value is -3.19. The highest BCUT2D eigenvalue weighted by Crippen LogP contribution is 2.15. The van der Waals surface area contributed by atoms with E-state index in [4.69, 9.17) is 4.42 Å². The lowest BCUT2D eigenvalue weighted by Gasteiger charge is -2.22. The normalized spacial score (nSPS) is 10.9. The van der Waals surface area contributed by atoms with Crippen LogP contribution in [0.1, 0.15) is 11.3 Å². The highest BCUT2D eigenvalue weighted by atomic mass is 79.9. The van der Waals surface area contributed by atoms with Gasteiger partial charge in [0.2, 0.25) is 5.91 Å². The first-order valence-corrected chi connectivity index (χ1v) is 9.88. The molecule has 0 aliphatic rings. The molecule has 2 aromatic carbocycles. The minimum atomic E-state index is -0.248. The van der Waals surface area contributed by atoms with E-state index in [1.54, 1.807) is 29.4 Å². The van der Waals surface area contributed by atoms with Crippen molar-refractivity contribution in [2.24, 2.45) is 0 Å². The minimum Gasteiger partial charge on any atom is -0.467 e. The van der Waals surface area contributed by atoms with Crippen molar-refractivity contribution in [1.82, 2.24) is 14.5 Å². The molecule has 0 N–H and O–H groups in total. The Bertz CT molecular complexity index is 1190. The maximum atomic E-state index is 13.1. The van der Waals surface area contributed by atoms with E-state index in [9.17, 15) is 9.59 Å². The molecule has 146 valence electrons. The Morgan fingerprint density at radius 2 is 1.90 bits per heavy atom. The third kappa shape index (κ3) is 4.46. The van der Waals surface area contributed by atoms with Crippen LogP contribution in [-0.2, 0) is 24.4 Å². The van der Waals surface area contributed by atoms with Gasteiger partial charge in [-0.15, -0.1) is 0 Å². The molecule has 0 atom stereocenters. The number of hydrogen-bond donors (Lipinski definition) is 0. The Balaban J connectivity index is 1.61. The molecule has 0 aliphatic carbocycles. The summed E-state index contributed by atoms with van der Waals surface area (Å²) in [5.74, 6) is 0.491. The van der Waals surface area contributed by atoms with E-state index in [0.717, 1.165) is 10.0 Å². The van der Waals surface area contributed by atoms with Crippen LogP contribution in [0.15, 0.2) is 86.9 Å². The Labute approximate surface area is 175 Å². The molecule has 2 aromatic heterocycles. The topological polar surface area (TPSA) is 68.3 Å². The molecule has 29 heavy (non-hydrogen) atoms. The third-order valence-corrected chi connectivity index (χ3v) is 5.08. The number of amides is 1. The van der Waals surface area contributed by atoms with Gasteiger partial charge in [-0.25, -0.2) is 4.98 Å². The van der Waals surface area contributed by atoms with Gasteiger partial charge in [0.1, 0.15) is 12.3 Å². The number of rotatable bonds is 6. The molecule has 0 spiro atoms. The molecule has 0 radical (unpaired) electrons. The molecule has 0 fully saturated rings. The van der Waals surface area contributed by atoms with Crippen LogP contribution in [0.4, 0.5) is 0 Å². The molecule has 0 saturated heterocycles. The smallest absolute Gasteiger partial charge is 0.261 e. The number of carbonyl (C=O) groups is 1. The van der Waals surface area contributed by atoms with Crippen LogP contribution >= 0.6 is 15.9 Å². The summed E-state index contributed by atoms with van der Waals surface area (Å²) in [5, 5.41) is 0.468. The number of fused-ring (bicyclic) bond motifs is 1. The molecule has 4 aromatic rings. The lowest BCUT2D eigenvalue weighted by Crippen LogP contribution is -2.35. The van der Waals surface area contributed by atoms with E-state index >= 15 is 0 Å². The number of carbonyl (C=O) groups excluding carboxylic acids is 1. The molecular weight excluding hydrogens is 434 g/mol. The quantitative estimate of drug-likeness (QED) is 0.444. The summed E-state index contributed by atoms with van der Waals surface area (Å²) in [4.78, 5) is 31.9. The van der Waals surface area contributed by atoms with Crippen molar-refractivity contribution >= 4 is 32.7 Å².